The van der Waals surface area contributed by atoms with E-state index in [4.69, 9.17) is 0 Å². The summed E-state index contributed by atoms with van der Waals surface area (Å²) >= 11 is 0. The van der Waals surface area contributed by atoms with E-state index in [1.807, 2.05) is 19.9 Å². The number of benzene rings is 1. The number of allylic oxidation sites excluding steroid dienone is 1. The zero-order valence-corrected chi connectivity index (χ0v) is 9.59. The zero-order chi connectivity index (χ0) is 12.0. The molecule has 16 heavy (non-hydrogen) atoms. The molecular weight excluding hydrogens is 205 g/mol. The minimum absolute atomic E-state index is 0.101. The Morgan fingerprint density at radius 1 is 1.44 bits per heavy atom. The second-order valence-electron chi connectivity index (χ2n) is 3.89. The van der Waals surface area contributed by atoms with Crippen molar-refractivity contribution in [2.24, 2.45) is 0 Å². The van der Waals surface area contributed by atoms with Gasteiger partial charge in [-0.1, -0.05) is 17.7 Å². The van der Waals surface area contributed by atoms with Crippen molar-refractivity contribution in [2.45, 2.75) is 20.3 Å². The average Bonchev–Trinajstić information content (AvgIpc) is 2.16. The molecule has 0 aliphatic heterocycles. The van der Waals surface area contributed by atoms with Gasteiger partial charge in [0.05, 0.1) is 0 Å². The topological polar surface area (TPSA) is 29.1 Å². The summed E-state index contributed by atoms with van der Waals surface area (Å²) in [5.74, 6) is -0.343. The smallest absolute Gasteiger partial charge is 0.243 e. The summed E-state index contributed by atoms with van der Waals surface area (Å²) in [4.78, 5) is 11.2. The molecule has 0 spiro atoms. The lowest BCUT2D eigenvalue weighted by Gasteiger charge is -2.03. The van der Waals surface area contributed by atoms with E-state index in [2.05, 4.69) is 5.32 Å². The lowest BCUT2D eigenvalue weighted by Crippen LogP contribution is -2.23. The van der Waals surface area contributed by atoms with Gasteiger partial charge in [0.25, 0.3) is 0 Å². The molecule has 3 heteroatoms. The van der Waals surface area contributed by atoms with E-state index in [1.165, 1.54) is 12.1 Å². The summed E-state index contributed by atoms with van der Waals surface area (Å²) in [5.41, 5.74) is 1.85. The molecule has 0 bridgehead atoms. The Balaban J connectivity index is 2.36. The maximum absolute atomic E-state index is 12.8. The SMILES string of the molecule is CC(C)=CC(=O)NCCc1cccc(F)c1. The monoisotopic (exact) mass is 221 g/mol. The number of amides is 1. The van der Waals surface area contributed by atoms with Gasteiger partial charge in [-0.3, -0.25) is 4.79 Å². The van der Waals surface area contributed by atoms with E-state index in [0.29, 0.717) is 13.0 Å². The summed E-state index contributed by atoms with van der Waals surface area (Å²) in [5, 5.41) is 2.74. The van der Waals surface area contributed by atoms with Crippen molar-refractivity contribution in [3.63, 3.8) is 0 Å². The van der Waals surface area contributed by atoms with Crippen LogP contribution in [0, 0.1) is 5.82 Å². The molecule has 1 aromatic rings. The number of nitrogens with one attached hydrogen (secondary N) is 1. The van der Waals surface area contributed by atoms with Gasteiger partial charge in [-0.25, -0.2) is 4.39 Å². The van der Waals surface area contributed by atoms with Crippen LogP contribution in [-0.2, 0) is 11.2 Å². The number of rotatable bonds is 4. The fraction of sp³-hybridized carbons (Fsp3) is 0.308. The summed E-state index contributed by atoms with van der Waals surface area (Å²) in [6, 6.07) is 6.40. The van der Waals surface area contributed by atoms with Crippen LogP contribution < -0.4 is 5.32 Å². The fourth-order valence-corrected chi connectivity index (χ4v) is 1.34. The Hall–Kier alpha value is -1.64. The van der Waals surface area contributed by atoms with Crippen molar-refractivity contribution in [1.29, 1.82) is 0 Å². The Kier molecular flexibility index (Phi) is 4.70. The number of carbonyl (C=O) groups excluding carboxylic acids is 1. The molecule has 0 aromatic heterocycles. The van der Waals surface area contributed by atoms with E-state index in [9.17, 15) is 9.18 Å². The third kappa shape index (κ3) is 4.73. The number of carbonyl (C=O) groups is 1. The summed E-state index contributed by atoms with van der Waals surface area (Å²) in [7, 11) is 0. The van der Waals surface area contributed by atoms with Gasteiger partial charge in [0.2, 0.25) is 5.91 Å². The first-order valence-corrected chi connectivity index (χ1v) is 5.25. The minimum atomic E-state index is -0.242. The highest BCUT2D eigenvalue weighted by molar-refractivity contribution is 5.87. The van der Waals surface area contributed by atoms with Gasteiger partial charge in [0.15, 0.2) is 0 Å². The first-order valence-electron chi connectivity index (χ1n) is 5.25. The highest BCUT2D eigenvalue weighted by Gasteiger charge is 1.98. The van der Waals surface area contributed by atoms with E-state index in [1.54, 1.807) is 12.1 Å². The van der Waals surface area contributed by atoms with Crippen LogP contribution in [-0.4, -0.2) is 12.5 Å². The van der Waals surface area contributed by atoms with Crippen molar-refractivity contribution in [3.05, 3.63) is 47.3 Å². The van der Waals surface area contributed by atoms with E-state index in [-0.39, 0.29) is 11.7 Å². The van der Waals surface area contributed by atoms with Crippen molar-refractivity contribution >= 4 is 5.91 Å². The van der Waals surface area contributed by atoms with Crippen LogP contribution in [0.3, 0.4) is 0 Å². The van der Waals surface area contributed by atoms with E-state index in [0.717, 1.165) is 11.1 Å². The molecule has 0 fully saturated rings. The first-order chi connectivity index (χ1) is 7.58. The van der Waals surface area contributed by atoms with Crippen molar-refractivity contribution < 1.29 is 9.18 Å². The molecule has 1 aromatic carbocycles. The molecule has 86 valence electrons. The van der Waals surface area contributed by atoms with Crippen molar-refractivity contribution in [2.75, 3.05) is 6.54 Å². The predicted octanol–water partition coefficient (Wildman–Crippen LogP) is 2.45. The van der Waals surface area contributed by atoms with Crippen LogP contribution >= 0.6 is 0 Å². The van der Waals surface area contributed by atoms with Crippen molar-refractivity contribution in [1.82, 2.24) is 5.32 Å². The molecule has 0 radical (unpaired) electrons. The zero-order valence-electron chi connectivity index (χ0n) is 9.59. The molecule has 2 nitrogen and oxygen atoms in total. The Morgan fingerprint density at radius 3 is 2.81 bits per heavy atom. The van der Waals surface area contributed by atoms with E-state index >= 15 is 0 Å². The maximum Gasteiger partial charge on any atom is 0.243 e. The number of hydrogen-bond donors (Lipinski definition) is 1. The average molecular weight is 221 g/mol. The van der Waals surface area contributed by atoms with Crippen molar-refractivity contribution in [3.8, 4) is 0 Å². The number of halogens is 1. The Morgan fingerprint density at radius 2 is 2.19 bits per heavy atom. The molecule has 1 N–H and O–H groups in total. The van der Waals surface area contributed by atoms with E-state index < -0.39 is 0 Å². The van der Waals surface area contributed by atoms with Gasteiger partial charge in [-0.15, -0.1) is 0 Å². The molecule has 0 aliphatic rings. The van der Waals surface area contributed by atoms with Crippen LogP contribution in [0.15, 0.2) is 35.9 Å². The molecule has 0 saturated carbocycles. The molecule has 0 saturated heterocycles. The first kappa shape index (κ1) is 12.4. The van der Waals surface area contributed by atoms with Gasteiger partial charge < -0.3 is 5.32 Å². The Labute approximate surface area is 95.2 Å². The highest BCUT2D eigenvalue weighted by Crippen LogP contribution is 2.03. The third-order valence-corrected chi connectivity index (χ3v) is 2.02. The standard InChI is InChI=1S/C13H16FNO/c1-10(2)8-13(16)15-7-6-11-4-3-5-12(14)9-11/h3-5,8-9H,6-7H2,1-2H3,(H,15,16). The normalized spacial score (nSPS) is 9.69. The second kappa shape index (κ2) is 6.05. The third-order valence-electron chi connectivity index (χ3n) is 2.02. The van der Waals surface area contributed by atoms with Crippen LogP contribution in [0.1, 0.15) is 19.4 Å². The molecule has 0 heterocycles. The predicted molar refractivity (Wildman–Crippen MR) is 62.5 cm³/mol. The Bertz CT molecular complexity index is 395. The summed E-state index contributed by atoms with van der Waals surface area (Å²) < 4.78 is 12.8. The van der Waals surface area contributed by atoms with Crippen LogP contribution in [0.5, 0.6) is 0 Å². The quantitative estimate of drug-likeness (QED) is 0.777. The molecule has 0 unspecified atom stereocenters. The highest BCUT2D eigenvalue weighted by atomic mass is 19.1. The summed E-state index contributed by atoms with van der Waals surface area (Å²) in [6.45, 7) is 4.25. The molecule has 0 aliphatic carbocycles. The van der Waals surface area contributed by atoms with Crippen LogP contribution in [0.2, 0.25) is 0 Å². The largest absolute Gasteiger partial charge is 0.352 e. The van der Waals surface area contributed by atoms with Crippen LogP contribution in [0.25, 0.3) is 0 Å². The van der Waals surface area contributed by atoms with Gasteiger partial charge in [-0.05, 0) is 38.0 Å². The fourth-order valence-electron chi connectivity index (χ4n) is 1.34. The maximum atomic E-state index is 12.8. The van der Waals surface area contributed by atoms with Gasteiger partial charge in [0.1, 0.15) is 5.82 Å². The lowest BCUT2D eigenvalue weighted by molar-refractivity contribution is -0.116. The summed E-state index contributed by atoms with van der Waals surface area (Å²) in [6.07, 6.45) is 2.19. The van der Waals surface area contributed by atoms with Gasteiger partial charge in [-0.2, -0.15) is 0 Å². The molecule has 1 rings (SSSR count). The minimum Gasteiger partial charge on any atom is -0.352 e. The molecule has 0 atom stereocenters. The molecular formula is C13H16FNO. The lowest BCUT2D eigenvalue weighted by atomic mass is 10.1. The van der Waals surface area contributed by atoms with Crippen LogP contribution in [0.4, 0.5) is 4.39 Å². The van der Waals surface area contributed by atoms with Gasteiger partial charge in [0, 0.05) is 12.6 Å². The van der Waals surface area contributed by atoms with Gasteiger partial charge >= 0.3 is 0 Å². The second-order valence-corrected chi connectivity index (χ2v) is 3.89. The molecule has 1 amide bonds. The number of hydrogen-bond acceptors (Lipinski definition) is 1.